The zero-order chi connectivity index (χ0) is 10.7. The molecule has 1 heterocycles. The van der Waals surface area contributed by atoms with E-state index < -0.39 is 5.91 Å². The van der Waals surface area contributed by atoms with Crippen molar-refractivity contribution >= 4 is 5.91 Å². The van der Waals surface area contributed by atoms with E-state index >= 15 is 0 Å². The standard InChI is InChI=1S/C11H10N3O/c12-11(15)10-4-2-1-3-8(10)5-9-6-13-7-14-9/h1-7H,(H2,12,15)(H,13,14). The molecule has 75 valence electrons. The fourth-order valence-corrected chi connectivity index (χ4v) is 1.36. The van der Waals surface area contributed by atoms with Crippen LogP contribution in [0.15, 0.2) is 36.8 Å². The number of hydrogen-bond acceptors (Lipinski definition) is 2. The van der Waals surface area contributed by atoms with E-state index in [0.29, 0.717) is 5.56 Å². The maximum atomic E-state index is 11.1. The molecule has 1 amide bonds. The van der Waals surface area contributed by atoms with Gasteiger partial charge in [-0.05, 0) is 11.6 Å². The number of H-pyrrole nitrogens is 1. The first kappa shape index (κ1) is 9.45. The van der Waals surface area contributed by atoms with Crippen LogP contribution in [-0.2, 0) is 0 Å². The first-order chi connectivity index (χ1) is 7.27. The zero-order valence-electron chi connectivity index (χ0n) is 7.97. The van der Waals surface area contributed by atoms with E-state index in [1.165, 1.54) is 0 Å². The van der Waals surface area contributed by atoms with Gasteiger partial charge in [-0.25, -0.2) is 4.98 Å². The number of primary amides is 1. The van der Waals surface area contributed by atoms with E-state index in [0.717, 1.165) is 11.3 Å². The lowest BCUT2D eigenvalue weighted by Gasteiger charge is -2.03. The van der Waals surface area contributed by atoms with Crippen LogP contribution in [0.5, 0.6) is 0 Å². The largest absolute Gasteiger partial charge is 0.366 e. The lowest BCUT2D eigenvalue weighted by molar-refractivity contribution is 0.1000. The molecule has 0 aliphatic heterocycles. The highest BCUT2D eigenvalue weighted by Gasteiger charge is 2.08. The fourth-order valence-electron chi connectivity index (χ4n) is 1.36. The molecule has 4 nitrogen and oxygen atoms in total. The Balaban J connectivity index is 2.32. The Morgan fingerprint density at radius 1 is 1.40 bits per heavy atom. The smallest absolute Gasteiger partial charge is 0.249 e. The molecule has 3 N–H and O–H groups in total. The third kappa shape index (κ3) is 2.04. The van der Waals surface area contributed by atoms with Crippen LogP contribution >= 0.6 is 0 Å². The summed E-state index contributed by atoms with van der Waals surface area (Å²) in [4.78, 5) is 18.0. The molecule has 0 aliphatic rings. The Labute approximate surface area is 87.1 Å². The highest BCUT2D eigenvalue weighted by atomic mass is 16.1. The number of nitrogens with two attached hydrogens (primary N) is 1. The van der Waals surface area contributed by atoms with Crippen molar-refractivity contribution in [1.82, 2.24) is 9.97 Å². The lowest BCUT2D eigenvalue weighted by atomic mass is 10.0. The van der Waals surface area contributed by atoms with Gasteiger partial charge in [0.15, 0.2) is 0 Å². The van der Waals surface area contributed by atoms with Crippen LogP contribution in [0.2, 0.25) is 0 Å². The van der Waals surface area contributed by atoms with Crippen LogP contribution in [0.3, 0.4) is 0 Å². The van der Waals surface area contributed by atoms with Crippen molar-refractivity contribution in [2.45, 2.75) is 0 Å². The molecular formula is C11H10N3O. The number of nitrogens with one attached hydrogen (secondary N) is 1. The first-order valence-electron chi connectivity index (χ1n) is 4.50. The lowest BCUT2D eigenvalue weighted by Crippen LogP contribution is -2.13. The van der Waals surface area contributed by atoms with E-state index in [1.54, 1.807) is 31.1 Å². The molecule has 2 rings (SSSR count). The van der Waals surface area contributed by atoms with Crippen LogP contribution in [0.25, 0.3) is 0 Å². The Hall–Kier alpha value is -2.10. The highest BCUT2D eigenvalue weighted by molar-refractivity contribution is 5.94. The highest BCUT2D eigenvalue weighted by Crippen LogP contribution is 2.13. The molecule has 0 bridgehead atoms. The average Bonchev–Trinajstić information content (AvgIpc) is 2.71. The molecule has 1 aromatic heterocycles. The molecule has 4 heteroatoms. The Bertz CT molecular complexity index is 462. The number of aromatic amines is 1. The summed E-state index contributed by atoms with van der Waals surface area (Å²) in [6.07, 6.45) is 5.13. The molecule has 0 atom stereocenters. The number of benzene rings is 1. The third-order valence-electron chi connectivity index (χ3n) is 2.05. The van der Waals surface area contributed by atoms with Gasteiger partial charge in [-0.15, -0.1) is 0 Å². The summed E-state index contributed by atoms with van der Waals surface area (Å²) in [5, 5.41) is 0. The summed E-state index contributed by atoms with van der Waals surface area (Å²) < 4.78 is 0. The Morgan fingerprint density at radius 2 is 2.20 bits per heavy atom. The van der Waals surface area contributed by atoms with Gasteiger partial charge in [0.05, 0.1) is 12.0 Å². The number of aromatic nitrogens is 2. The number of amides is 1. The average molecular weight is 200 g/mol. The molecule has 1 radical (unpaired) electrons. The second kappa shape index (κ2) is 3.96. The summed E-state index contributed by atoms with van der Waals surface area (Å²) >= 11 is 0. The molecule has 0 saturated heterocycles. The molecule has 0 saturated carbocycles. The summed E-state index contributed by atoms with van der Waals surface area (Å²) in [6.45, 7) is 0. The predicted octanol–water partition coefficient (Wildman–Crippen LogP) is 1.11. The SMILES string of the molecule is NC(=O)c1ccccc1[CH]c1c[nH]cn1. The van der Waals surface area contributed by atoms with Gasteiger partial charge in [0.1, 0.15) is 0 Å². The van der Waals surface area contributed by atoms with Gasteiger partial charge in [-0.2, -0.15) is 0 Å². The minimum absolute atomic E-state index is 0.433. The van der Waals surface area contributed by atoms with Gasteiger partial charge < -0.3 is 10.7 Å². The van der Waals surface area contributed by atoms with E-state index in [1.807, 2.05) is 12.1 Å². The van der Waals surface area contributed by atoms with Gasteiger partial charge in [-0.3, -0.25) is 4.79 Å². The number of nitrogens with zero attached hydrogens (tertiary/aromatic N) is 1. The predicted molar refractivity (Wildman–Crippen MR) is 56.1 cm³/mol. The van der Waals surface area contributed by atoms with Crippen LogP contribution < -0.4 is 5.73 Å². The summed E-state index contributed by atoms with van der Waals surface area (Å²) in [6, 6.07) is 7.16. The molecule has 2 aromatic rings. The normalized spacial score (nSPS) is 10.1. The van der Waals surface area contributed by atoms with E-state index in [2.05, 4.69) is 9.97 Å². The Kier molecular flexibility index (Phi) is 2.49. The topological polar surface area (TPSA) is 71.8 Å². The fraction of sp³-hybridized carbons (Fsp3) is 0. The van der Waals surface area contributed by atoms with Gasteiger partial charge in [0, 0.05) is 18.2 Å². The van der Waals surface area contributed by atoms with E-state index in [9.17, 15) is 4.79 Å². The minimum atomic E-state index is -0.433. The van der Waals surface area contributed by atoms with Crippen molar-refractivity contribution in [3.05, 3.63) is 60.0 Å². The number of imidazole rings is 1. The molecule has 0 aliphatic carbocycles. The molecule has 1 aromatic carbocycles. The summed E-state index contributed by atoms with van der Waals surface area (Å²) in [7, 11) is 0. The number of carbonyl (C=O) groups excluding carboxylic acids is 1. The van der Waals surface area contributed by atoms with E-state index in [4.69, 9.17) is 5.73 Å². The number of hydrogen-bond donors (Lipinski definition) is 2. The quantitative estimate of drug-likeness (QED) is 0.779. The molecule has 15 heavy (non-hydrogen) atoms. The van der Waals surface area contributed by atoms with Crippen molar-refractivity contribution < 1.29 is 4.79 Å². The van der Waals surface area contributed by atoms with Crippen molar-refractivity contribution in [3.8, 4) is 0 Å². The minimum Gasteiger partial charge on any atom is -0.366 e. The zero-order valence-corrected chi connectivity index (χ0v) is 7.97. The van der Waals surface area contributed by atoms with Gasteiger partial charge in [-0.1, -0.05) is 18.2 Å². The maximum absolute atomic E-state index is 11.1. The maximum Gasteiger partial charge on any atom is 0.249 e. The van der Waals surface area contributed by atoms with Crippen molar-refractivity contribution in [3.63, 3.8) is 0 Å². The number of carbonyl (C=O) groups is 1. The molecule has 0 spiro atoms. The van der Waals surface area contributed by atoms with Crippen LogP contribution in [0.4, 0.5) is 0 Å². The molecule has 0 unspecified atom stereocenters. The van der Waals surface area contributed by atoms with Crippen molar-refractivity contribution in [1.29, 1.82) is 0 Å². The van der Waals surface area contributed by atoms with Gasteiger partial charge >= 0.3 is 0 Å². The molecular weight excluding hydrogens is 190 g/mol. The summed E-state index contributed by atoms with van der Waals surface area (Å²) in [5.41, 5.74) is 7.30. The van der Waals surface area contributed by atoms with Crippen molar-refractivity contribution in [2.75, 3.05) is 0 Å². The van der Waals surface area contributed by atoms with Crippen molar-refractivity contribution in [2.24, 2.45) is 5.73 Å². The second-order valence-electron chi connectivity index (χ2n) is 3.09. The van der Waals surface area contributed by atoms with Crippen LogP contribution in [0.1, 0.15) is 21.6 Å². The third-order valence-corrected chi connectivity index (χ3v) is 2.05. The number of rotatable bonds is 3. The first-order valence-corrected chi connectivity index (χ1v) is 4.50. The van der Waals surface area contributed by atoms with Crippen LogP contribution in [-0.4, -0.2) is 15.9 Å². The molecule has 0 fully saturated rings. The second-order valence-corrected chi connectivity index (χ2v) is 3.09. The van der Waals surface area contributed by atoms with E-state index in [-0.39, 0.29) is 0 Å². The van der Waals surface area contributed by atoms with Gasteiger partial charge in [0.25, 0.3) is 0 Å². The van der Waals surface area contributed by atoms with Gasteiger partial charge in [0.2, 0.25) is 5.91 Å². The van der Waals surface area contributed by atoms with Crippen LogP contribution in [0, 0.1) is 6.42 Å². The summed E-state index contributed by atoms with van der Waals surface area (Å²) in [5.74, 6) is -0.433. The Morgan fingerprint density at radius 3 is 2.87 bits per heavy atom. The monoisotopic (exact) mass is 200 g/mol.